The average Bonchev–Trinajstić information content (AvgIpc) is 3.14. The molecule has 1 saturated heterocycles. The van der Waals surface area contributed by atoms with Crippen LogP contribution in [-0.2, 0) is 16.1 Å². The van der Waals surface area contributed by atoms with E-state index < -0.39 is 0 Å². The first kappa shape index (κ1) is 25.2. The number of guanidine groups is 1. The van der Waals surface area contributed by atoms with E-state index in [1.807, 2.05) is 32.0 Å². The van der Waals surface area contributed by atoms with E-state index in [0.29, 0.717) is 25.7 Å². The lowest BCUT2D eigenvalue weighted by molar-refractivity contribution is -0.127. The molecule has 0 aliphatic carbocycles. The monoisotopic (exact) mass is 516 g/mol. The summed E-state index contributed by atoms with van der Waals surface area (Å²) in [7, 11) is 3.45. The molecule has 0 spiro atoms. The van der Waals surface area contributed by atoms with Crippen LogP contribution in [0.15, 0.2) is 35.3 Å². The fourth-order valence-corrected chi connectivity index (χ4v) is 2.58. The molecule has 162 valence electrons. The summed E-state index contributed by atoms with van der Waals surface area (Å²) >= 11 is 0. The van der Waals surface area contributed by atoms with Gasteiger partial charge in [-0.2, -0.15) is 0 Å². The van der Waals surface area contributed by atoms with Crippen molar-refractivity contribution in [3.05, 3.63) is 41.5 Å². The largest absolute Gasteiger partial charge is 0.488 e. The molecule has 1 fully saturated rings. The standard InChI is InChI=1S/C21H32N4O3.HI/c1-15(2)11-22-21(24-13-20(26)25(4)5)23-12-17-7-6-16(3)10-19(17)28-18-8-9-27-14-18;/h6-7,10,18H,1,8-9,11-14H2,2-5H3,(H2,22,23,24);1H. The topological polar surface area (TPSA) is 75.2 Å². The number of nitrogens with one attached hydrogen (secondary N) is 2. The van der Waals surface area contributed by atoms with E-state index in [1.54, 1.807) is 19.0 Å². The Morgan fingerprint density at radius 2 is 2.07 bits per heavy atom. The number of aliphatic imine (C=N–C) groups is 1. The number of carbonyl (C=O) groups excluding carboxylic acids is 1. The van der Waals surface area contributed by atoms with E-state index in [4.69, 9.17) is 9.47 Å². The molecule has 1 unspecified atom stereocenters. The van der Waals surface area contributed by atoms with Gasteiger partial charge >= 0.3 is 0 Å². The van der Waals surface area contributed by atoms with Crippen LogP contribution in [0.1, 0.15) is 24.5 Å². The van der Waals surface area contributed by atoms with Crippen molar-refractivity contribution in [2.24, 2.45) is 4.99 Å². The molecule has 29 heavy (non-hydrogen) atoms. The van der Waals surface area contributed by atoms with E-state index in [0.717, 1.165) is 35.5 Å². The van der Waals surface area contributed by atoms with Crippen LogP contribution in [0, 0.1) is 6.92 Å². The van der Waals surface area contributed by atoms with Gasteiger partial charge in [0.1, 0.15) is 11.9 Å². The SMILES string of the molecule is C=C(C)CNC(=NCc1ccc(C)cc1OC1CCOC1)NCC(=O)N(C)C.I. The normalized spacial score (nSPS) is 16.0. The number of benzene rings is 1. The van der Waals surface area contributed by atoms with Crippen LogP contribution in [0.4, 0.5) is 0 Å². The van der Waals surface area contributed by atoms with Crippen molar-refractivity contribution in [1.29, 1.82) is 0 Å². The third kappa shape index (κ3) is 9.03. The molecule has 1 aromatic rings. The van der Waals surface area contributed by atoms with Gasteiger partial charge in [0.15, 0.2) is 5.96 Å². The number of likely N-dealkylation sites (N-methyl/N-ethyl adjacent to an activating group) is 1. The molecule has 0 bridgehead atoms. The van der Waals surface area contributed by atoms with Crippen LogP contribution in [0.5, 0.6) is 5.75 Å². The van der Waals surface area contributed by atoms with Crippen molar-refractivity contribution in [1.82, 2.24) is 15.5 Å². The van der Waals surface area contributed by atoms with Crippen LogP contribution in [-0.4, -0.2) is 63.3 Å². The van der Waals surface area contributed by atoms with Crippen LogP contribution < -0.4 is 15.4 Å². The van der Waals surface area contributed by atoms with Crippen molar-refractivity contribution in [3.8, 4) is 5.75 Å². The zero-order valence-electron chi connectivity index (χ0n) is 17.8. The fourth-order valence-electron chi connectivity index (χ4n) is 2.58. The van der Waals surface area contributed by atoms with Crippen molar-refractivity contribution in [3.63, 3.8) is 0 Å². The molecular formula is C21H33IN4O3. The number of rotatable bonds is 8. The molecule has 1 aliphatic heterocycles. The summed E-state index contributed by atoms with van der Waals surface area (Å²) in [5.41, 5.74) is 3.11. The Labute approximate surface area is 190 Å². The molecular weight excluding hydrogens is 483 g/mol. The first-order valence-electron chi connectivity index (χ1n) is 9.56. The zero-order valence-corrected chi connectivity index (χ0v) is 20.1. The van der Waals surface area contributed by atoms with Gasteiger partial charge in [0.25, 0.3) is 0 Å². The molecule has 2 N–H and O–H groups in total. The van der Waals surface area contributed by atoms with Crippen LogP contribution in [0.2, 0.25) is 0 Å². The highest BCUT2D eigenvalue weighted by Crippen LogP contribution is 2.24. The number of hydrogen-bond acceptors (Lipinski definition) is 4. The van der Waals surface area contributed by atoms with E-state index >= 15 is 0 Å². The highest BCUT2D eigenvalue weighted by Gasteiger charge is 2.18. The molecule has 0 radical (unpaired) electrons. The Balaban J connectivity index is 0.00000420. The number of nitrogens with zero attached hydrogens (tertiary/aromatic N) is 2. The van der Waals surface area contributed by atoms with Gasteiger partial charge in [-0.15, -0.1) is 24.0 Å². The quantitative estimate of drug-likeness (QED) is 0.241. The Kier molecular flexibility index (Phi) is 11.0. The Morgan fingerprint density at radius 3 is 2.69 bits per heavy atom. The summed E-state index contributed by atoms with van der Waals surface area (Å²) in [4.78, 5) is 18.0. The minimum absolute atomic E-state index is 0. The number of hydrogen-bond donors (Lipinski definition) is 2. The highest BCUT2D eigenvalue weighted by molar-refractivity contribution is 14.0. The van der Waals surface area contributed by atoms with Gasteiger partial charge in [0.05, 0.1) is 26.3 Å². The van der Waals surface area contributed by atoms with Crippen molar-refractivity contribution in [2.75, 3.05) is 40.4 Å². The fraction of sp³-hybridized carbons (Fsp3) is 0.524. The molecule has 8 heteroatoms. The van der Waals surface area contributed by atoms with Gasteiger partial charge in [-0.05, 0) is 25.5 Å². The smallest absolute Gasteiger partial charge is 0.241 e. The summed E-state index contributed by atoms with van der Waals surface area (Å²) in [5.74, 6) is 1.38. The van der Waals surface area contributed by atoms with Crippen LogP contribution in [0.3, 0.4) is 0 Å². The second kappa shape index (κ2) is 12.7. The van der Waals surface area contributed by atoms with Crippen LogP contribution >= 0.6 is 24.0 Å². The van der Waals surface area contributed by atoms with Crippen LogP contribution in [0.25, 0.3) is 0 Å². The van der Waals surface area contributed by atoms with E-state index in [-0.39, 0.29) is 42.5 Å². The summed E-state index contributed by atoms with van der Waals surface area (Å²) < 4.78 is 11.5. The maximum absolute atomic E-state index is 11.9. The first-order valence-corrected chi connectivity index (χ1v) is 9.56. The average molecular weight is 516 g/mol. The predicted molar refractivity (Wildman–Crippen MR) is 127 cm³/mol. The molecule has 0 aromatic heterocycles. The number of amides is 1. The first-order chi connectivity index (χ1) is 13.3. The number of halogens is 1. The molecule has 2 rings (SSSR count). The molecule has 1 aromatic carbocycles. The summed E-state index contributed by atoms with van der Waals surface area (Å²) in [5, 5.41) is 6.27. The Morgan fingerprint density at radius 1 is 1.34 bits per heavy atom. The second-order valence-electron chi connectivity index (χ2n) is 7.33. The predicted octanol–water partition coefficient (Wildman–Crippen LogP) is 2.48. The molecule has 1 atom stereocenters. The molecule has 0 saturated carbocycles. The van der Waals surface area contributed by atoms with Crippen molar-refractivity contribution in [2.45, 2.75) is 32.9 Å². The van der Waals surface area contributed by atoms with E-state index in [9.17, 15) is 4.79 Å². The van der Waals surface area contributed by atoms with Gasteiger partial charge in [-0.25, -0.2) is 4.99 Å². The molecule has 1 aliphatic rings. The van der Waals surface area contributed by atoms with Crippen molar-refractivity contribution < 1.29 is 14.3 Å². The number of ether oxygens (including phenoxy) is 2. The third-order valence-electron chi connectivity index (χ3n) is 4.28. The van der Waals surface area contributed by atoms with E-state index in [2.05, 4.69) is 22.2 Å². The molecule has 1 heterocycles. The minimum Gasteiger partial charge on any atom is -0.488 e. The zero-order chi connectivity index (χ0) is 20.5. The van der Waals surface area contributed by atoms with Gasteiger partial charge in [0, 0.05) is 32.6 Å². The number of aryl methyl sites for hydroxylation is 1. The van der Waals surface area contributed by atoms with Gasteiger partial charge in [0.2, 0.25) is 5.91 Å². The van der Waals surface area contributed by atoms with Gasteiger partial charge < -0.3 is 25.0 Å². The maximum Gasteiger partial charge on any atom is 0.241 e. The number of carbonyl (C=O) groups is 1. The Hall–Kier alpha value is -1.81. The lowest BCUT2D eigenvalue weighted by atomic mass is 10.1. The maximum atomic E-state index is 11.9. The van der Waals surface area contributed by atoms with Crippen molar-refractivity contribution >= 4 is 35.8 Å². The minimum atomic E-state index is -0.0228. The highest BCUT2D eigenvalue weighted by atomic mass is 127. The summed E-state index contributed by atoms with van der Waals surface area (Å²) in [6.07, 6.45) is 0.984. The second-order valence-corrected chi connectivity index (χ2v) is 7.33. The summed E-state index contributed by atoms with van der Waals surface area (Å²) in [6, 6.07) is 6.12. The van der Waals surface area contributed by atoms with Gasteiger partial charge in [-0.1, -0.05) is 24.3 Å². The third-order valence-corrected chi connectivity index (χ3v) is 4.28. The van der Waals surface area contributed by atoms with Gasteiger partial charge in [-0.3, -0.25) is 4.79 Å². The molecule has 7 nitrogen and oxygen atoms in total. The van der Waals surface area contributed by atoms with E-state index in [1.165, 1.54) is 0 Å². The Bertz CT molecular complexity index is 716. The summed E-state index contributed by atoms with van der Waals surface area (Å²) in [6.45, 7) is 10.4. The lowest BCUT2D eigenvalue weighted by Crippen LogP contribution is -2.43. The molecule has 1 amide bonds. The lowest BCUT2D eigenvalue weighted by Gasteiger charge is -2.17.